The number of benzene rings is 7. The van der Waals surface area contributed by atoms with Crippen molar-refractivity contribution in [2.45, 2.75) is 19.3 Å². The van der Waals surface area contributed by atoms with Crippen molar-refractivity contribution in [1.82, 2.24) is 9.13 Å². The maximum absolute atomic E-state index is 3.20. The van der Waals surface area contributed by atoms with Gasteiger partial charge in [-0.25, -0.2) is 0 Å². The van der Waals surface area contributed by atoms with Crippen molar-refractivity contribution in [3.8, 4) is 22.5 Å². The molecule has 0 saturated carbocycles. The molecule has 0 fully saturated rings. The fourth-order valence-corrected chi connectivity index (χ4v) is 9.08. The summed E-state index contributed by atoms with van der Waals surface area (Å²) in [5.74, 6) is 0. The maximum Gasteiger partial charge on any atom is 0.0552 e. The second-order valence-electron chi connectivity index (χ2n) is 14.0. The van der Waals surface area contributed by atoms with E-state index in [4.69, 9.17) is 0 Å². The lowest BCUT2D eigenvalue weighted by molar-refractivity contribution is 0.666. The van der Waals surface area contributed by atoms with Crippen molar-refractivity contribution in [3.05, 3.63) is 169 Å². The first-order valence-corrected chi connectivity index (χ1v) is 17.0. The van der Waals surface area contributed by atoms with Crippen LogP contribution in [0.1, 0.15) is 25.0 Å². The number of hydrogen-bond acceptors (Lipinski definition) is 0. The van der Waals surface area contributed by atoms with Gasteiger partial charge in [0.25, 0.3) is 0 Å². The minimum atomic E-state index is -0.179. The highest BCUT2D eigenvalue weighted by Gasteiger charge is 2.38. The van der Waals surface area contributed by atoms with Crippen LogP contribution < -0.4 is 0 Å². The predicted molar refractivity (Wildman–Crippen MR) is 205 cm³/mol. The second-order valence-corrected chi connectivity index (χ2v) is 14.0. The topological polar surface area (TPSA) is 9.86 Å². The molecule has 49 heavy (non-hydrogen) atoms. The highest BCUT2D eigenvalue weighted by Crippen LogP contribution is 2.56. The molecule has 0 saturated heterocycles. The maximum atomic E-state index is 3.20. The van der Waals surface area contributed by atoms with E-state index in [1.165, 1.54) is 93.1 Å². The van der Waals surface area contributed by atoms with E-state index >= 15 is 0 Å². The van der Waals surface area contributed by atoms with E-state index in [1.807, 2.05) is 12.1 Å². The summed E-state index contributed by atoms with van der Waals surface area (Å²) in [6.07, 6.45) is 0. The van der Waals surface area contributed by atoms with Crippen LogP contribution >= 0.6 is 0 Å². The van der Waals surface area contributed by atoms with Crippen LogP contribution in [0.25, 0.3) is 87.7 Å². The number of para-hydroxylation sites is 3. The Morgan fingerprint density at radius 2 is 1.04 bits per heavy atom. The first kappa shape index (κ1) is 26.7. The van der Waals surface area contributed by atoms with Crippen molar-refractivity contribution in [1.29, 1.82) is 0 Å². The summed E-state index contributed by atoms with van der Waals surface area (Å²) in [4.78, 5) is 0. The van der Waals surface area contributed by atoms with Crippen molar-refractivity contribution >= 4 is 65.2 Å². The molecule has 2 nitrogen and oxygen atoms in total. The number of fused-ring (bicyclic) bond motifs is 14. The van der Waals surface area contributed by atoms with Crippen LogP contribution in [0.5, 0.6) is 0 Å². The lowest BCUT2D eigenvalue weighted by Crippen LogP contribution is -2.15. The zero-order chi connectivity index (χ0) is 32.4. The summed E-state index contributed by atoms with van der Waals surface area (Å²) in [6, 6.07) is 59.8. The first-order chi connectivity index (χ1) is 24.1. The third kappa shape index (κ3) is 3.42. The van der Waals surface area contributed by atoms with E-state index in [-0.39, 0.29) is 5.41 Å². The molecule has 11 rings (SSSR count). The van der Waals surface area contributed by atoms with E-state index in [0.29, 0.717) is 0 Å². The molecule has 0 amide bonds. The minimum absolute atomic E-state index is 0.179. The Morgan fingerprint density at radius 1 is 0.449 bits per heavy atom. The number of rotatable bonds is 2. The third-order valence-corrected chi connectivity index (χ3v) is 11.1. The Morgan fingerprint density at radius 3 is 1.73 bits per heavy atom. The lowest BCUT2D eigenvalue weighted by Gasteiger charge is -2.24. The molecular weight excluding hydrogens is 593 g/mol. The van der Waals surface area contributed by atoms with Gasteiger partial charge in [0.2, 0.25) is 0 Å². The Bertz CT molecular complexity index is 2990. The SMILES string of the molecule is CC1(C)c2ccccc2-c2c1c1cc3c(cc1c1cc4c5ccccc5n(-c5cc#ccc5)c4cc21)c1ccccc1n3-c1ccccc1. The monoisotopic (exact) mass is 622 g/mol. The summed E-state index contributed by atoms with van der Waals surface area (Å²) in [5.41, 5.74) is 12.5. The first-order valence-electron chi connectivity index (χ1n) is 17.0. The van der Waals surface area contributed by atoms with Crippen LogP contribution in [0.15, 0.2) is 146 Å². The van der Waals surface area contributed by atoms with Crippen molar-refractivity contribution in [3.63, 3.8) is 0 Å². The molecule has 1 aliphatic carbocycles. The normalized spacial score (nSPS) is 13.5. The summed E-state index contributed by atoms with van der Waals surface area (Å²) < 4.78 is 4.84. The molecule has 0 atom stereocenters. The van der Waals surface area contributed by atoms with Gasteiger partial charge in [0.1, 0.15) is 0 Å². The van der Waals surface area contributed by atoms with Gasteiger partial charge in [-0.05, 0) is 104 Å². The van der Waals surface area contributed by atoms with Gasteiger partial charge < -0.3 is 9.13 Å². The minimum Gasteiger partial charge on any atom is -0.309 e. The highest BCUT2D eigenvalue weighted by molar-refractivity contribution is 6.27. The molecule has 0 radical (unpaired) electrons. The molecule has 228 valence electrons. The molecule has 0 N–H and O–H groups in total. The van der Waals surface area contributed by atoms with Gasteiger partial charge in [0, 0.05) is 38.7 Å². The van der Waals surface area contributed by atoms with E-state index < -0.39 is 0 Å². The van der Waals surface area contributed by atoms with Crippen molar-refractivity contribution < 1.29 is 0 Å². The third-order valence-electron chi connectivity index (χ3n) is 11.1. The number of nitrogens with zero attached hydrogens (tertiary/aromatic N) is 2. The summed E-state index contributed by atoms with van der Waals surface area (Å²) in [5, 5.41) is 10.3. The fraction of sp³-hybridized carbons (Fsp3) is 0.0638. The average Bonchev–Trinajstić information content (AvgIpc) is 3.73. The van der Waals surface area contributed by atoms with E-state index in [9.17, 15) is 0 Å². The van der Waals surface area contributed by atoms with Crippen LogP contribution in [0.4, 0.5) is 0 Å². The molecule has 0 spiro atoms. The van der Waals surface area contributed by atoms with Crippen LogP contribution in [-0.4, -0.2) is 9.13 Å². The van der Waals surface area contributed by atoms with Gasteiger partial charge in [-0.3, -0.25) is 0 Å². The molecule has 0 bridgehead atoms. The van der Waals surface area contributed by atoms with Gasteiger partial charge in [-0.2, -0.15) is 0 Å². The predicted octanol–water partition coefficient (Wildman–Crippen LogP) is 12.1. The van der Waals surface area contributed by atoms with Crippen LogP contribution in [0.3, 0.4) is 0 Å². The lowest BCUT2D eigenvalue weighted by atomic mass is 9.79. The molecule has 8 aromatic carbocycles. The van der Waals surface area contributed by atoms with E-state index in [1.54, 1.807) is 0 Å². The Hall–Kier alpha value is -6.30. The standard InChI is InChI=1S/C47H30N2/c1-47(2)40-22-12-9-21-33(40)45-38-27-43-36(31-19-10-13-23-41(31)48(43)29-15-5-3-6-16-29)25-34(38)35-26-37-32-20-11-14-24-42(32)49(30-17-7-4-8-18-30)44(37)28-39(35)46(45)47/h4-5,7-28H,1-2H3. The Labute approximate surface area is 284 Å². The molecule has 1 aliphatic rings. The average molecular weight is 623 g/mol. The molecule has 2 aromatic heterocycles. The van der Waals surface area contributed by atoms with Gasteiger partial charge in [-0.15, -0.1) is 0 Å². The van der Waals surface area contributed by atoms with Crippen LogP contribution in [-0.2, 0) is 5.41 Å². The molecule has 2 heteroatoms. The largest absolute Gasteiger partial charge is 0.309 e. The molecule has 0 unspecified atom stereocenters. The quantitative estimate of drug-likeness (QED) is 0.170. The van der Waals surface area contributed by atoms with Crippen LogP contribution in [0, 0.1) is 12.1 Å². The number of hydrogen-bond donors (Lipinski definition) is 0. The van der Waals surface area contributed by atoms with E-state index in [2.05, 4.69) is 169 Å². The van der Waals surface area contributed by atoms with E-state index in [0.717, 1.165) is 5.69 Å². The zero-order valence-corrected chi connectivity index (χ0v) is 27.3. The summed E-state index contributed by atoms with van der Waals surface area (Å²) in [7, 11) is 0. The summed E-state index contributed by atoms with van der Waals surface area (Å²) >= 11 is 0. The Kier molecular flexibility index (Phi) is 5.13. The zero-order valence-electron chi connectivity index (χ0n) is 27.3. The highest BCUT2D eigenvalue weighted by atomic mass is 15.0. The van der Waals surface area contributed by atoms with Gasteiger partial charge in [-0.1, -0.05) is 105 Å². The molecule has 2 heterocycles. The number of aromatic nitrogens is 2. The smallest absolute Gasteiger partial charge is 0.0552 e. The van der Waals surface area contributed by atoms with Gasteiger partial charge in [0.05, 0.1) is 27.8 Å². The molecular formula is C47H30N2. The molecule has 10 aromatic rings. The van der Waals surface area contributed by atoms with Gasteiger partial charge in [0.15, 0.2) is 0 Å². The van der Waals surface area contributed by atoms with Gasteiger partial charge >= 0.3 is 0 Å². The fourth-order valence-electron chi connectivity index (χ4n) is 9.08. The summed E-state index contributed by atoms with van der Waals surface area (Å²) in [6.45, 7) is 4.82. The second kappa shape index (κ2) is 9.41. The van der Waals surface area contributed by atoms with Crippen molar-refractivity contribution in [2.75, 3.05) is 0 Å². The van der Waals surface area contributed by atoms with Crippen molar-refractivity contribution in [2.24, 2.45) is 0 Å². The Balaban J connectivity index is 1.39. The van der Waals surface area contributed by atoms with Crippen LogP contribution in [0.2, 0.25) is 0 Å². The molecule has 0 aliphatic heterocycles.